The second kappa shape index (κ2) is 5.08. The van der Waals surface area contributed by atoms with Crippen molar-refractivity contribution in [1.82, 2.24) is 10.2 Å². The van der Waals surface area contributed by atoms with E-state index in [4.69, 9.17) is 0 Å². The highest BCUT2D eigenvalue weighted by Gasteiger charge is 2.50. The molecule has 2 bridgehead atoms. The first-order valence-electron chi connectivity index (χ1n) is 8.23. The Bertz CT molecular complexity index is 357. The Morgan fingerprint density at radius 2 is 2.11 bits per heavy atom. The predicted molar refractivity (Wildman–Crippen MR) is 76.5 cm³/mol. The van der Waals surface area contributed by atoms with Gasteiger partial charge in [0.25, 0.3) is 0 Å². The summed E-state index contributed by atoms with van der Waals surface area (Å²) in [4.78, 5) is 15.1. The van der Waals surface area contributed by atoms with Gasteiger partial charge in [0.1, 0.15) is 0 Å². The second-order valence-corrected chi connectivity index (χ2v) is 6.94. The van der Waals surface area contributed by atoms with E-state index in [1.54, 1.807) is 0 Å². The molecule has 1 amide bonds. The largest absolute Gasteiger partial charge is 0.323 e. The summed E-state index contributed by atoms with van der Waals surface area (Å²) in [5.74, 6) is 2.53. The molecule has 108 valence electrons. The zero-order chi connectivity index (χ0) is 13.6. The van der Waals surface area contributed by atoms with E-state index in [-0.39, 0.29) is 12.2 Å². The molecular formula is C16H28N2O. The van der Waals surface area contributed by atoms with Crippen molar-refractivity contribution in [1.29, 1.82) is 0 Å². The molecule has 3 heteroatoms. The van der Waals surface area contributed by atoms with Crippen LogP contribution in [0, 0.1) is 17.8 Å². The van der Waals surface area contributed by atoms with Crippen LogP contribution in [0.2, 0.25) is 0 Å². The average molecular weight is 264 g/mol. The van der Waals surface area contributed by atoms with Crippen LogP contribution >= 0.6 is 0 Å². The lowest BCUT2D eigenvalue weighted by Crippen LogP contribution is -2.46. The molecule has 3 nitrogen and oxygen atoms in total. The van der Waals surface area contributed by atoms with Crippen molar-refractivity contribution in [3.63, 3.8) is 0 Å². The van der Waals surface area contributed by atoms with Crippen LogP contribution in [-0.4, -0.2) is 29.1 Å². The van der Waals surface area contributed by atoms with E-state index in [9.17, 15) is 4.79 Å². The van der Waals surface area contributed by atoms with Crippen LogP contribution in [0.25, 0.3) is 0 Å². The summed E-state index contributed by atoms with van der Waals surface area (Å²) in [6.07, 6.45) is 7.79. The first-order chi connectivity index (χ1) is 9.15. The third-order valence-electron chi connectivity index (χ3n) is 5.89. The predicted octanol–water partition coefficient (Wildman–Crippen LogP) is 2.76. The third-order valence-corrected chi connectivity index (χ3v) is 5.89. The lowest BCUT2D eigenvalue weighted by molar-refractivity contribution is -0.134. The van der Waals surface area contributed by atoms with Gasteiger partial charge in [-0.25, -0.2) is 0 Å². The van der Waals surface area contributed by atoms with Crippen LogP contribution < -0.4 is 5.32 Å². The van der Waals surface area contributed by atoms with E-state index in [0.29, 0.717) is 17.9 Å². The van der Waals surface area contributed by atoms with Gasteiger partial charge in [-0.3, -0.25) is 10.1 Å². The van der Waals surface area contributed by atoms with Gasteiger partial charge >= 0.3 is 0 Å². The summed E-state index contributed by atoms with van der Waals surface area (Å²) >= 11 is 0. The van der Waals surface area contributed by atoms with E-state index in [0.717, 1.165) is 24.7 Å². The van der Waals surface area contributed by atoms with Gasteiger partial charge in [-0.05, 0) is 43.4 Å². The molecule has 6 unspecified atom stereocenters. The van der Waals surface area contributed by atoms with Gasteiger partial charge in [0, 0.05) is 6.04 Å². The zero-order valence-electron chi connectivity index (χ0n) is 12.6. The van der Waals surface area contributed by atoms with Crippen LogP contribution in [-0.2, 0) is 4.79 Å². The van der Waals surface area contributed by atoms with Crippen molar-refractivity contribution in [2.24, 2.45) is 17.8 Å². The summed E-state index contributed by atoms with van der Waals surface area (Å²) in [7, 11) is 0. The molecule has 3 rings (SSSR count). The number of hydrogen-bond donors (Lipinski definition) is 1. The topological polar surface area (TPSA) is 32.3 Å². The van der Waals surface area contributed by atoms with Crippen molar-refractivity contribution < 1.29 is 4.79 Å². The maximum Gasteiger partial charge on any atom is 0.241 e. The van der Waals surface area contributed by atoms with Gasteiger partial charge in [-0.2, -0.15) is 0 Å². The molecule has 0 aromatic rings. The molecule has 3 fully saturated rings. The molecule has 1 aliphatic heterocycles. The summed E-state index contributed by atoms with van der Waals surface area (Å²) in [5.41, 5.74) is 0. The normalized spacial score (nSPS) is 43.2. The van der Waals surface area contributed by atoms with E-state index in [1.165, 1.54) is 25.7 Å². The molecule has 19 heavy (non-hydrogen) atoms. The van der Waals surface area contributed by atoms with Gasteiger partial charge in [-0.15, -0.1) is 0 Å². The highest BCUT2D eigenvalue weighted by atomic mass is 16.2. The maximum absolute atomic E-state index is 12.8. The Balaban J connectivity index is 1.77. The minimum absolute atomic E-state index is 0.0640. The minimum Gasteiger partial charge on any atom is -0.323 e. The highest BCUT2D eigenvalue weighted by molar-refractivity contribution is 5.85. The fourth-order valence-corrected chi connectivity index (χ4v) is 4.58. The number of carbonyl (C=O) groups excluding carboxylic acids is 1. The number of carbonyl (C=O) groups is 1. The number of nitrogens with one attached hydrogen (secondary N) is 1. The smallest absolute Gasteiger partial charge is 0.241 e. The molecule has 0 spiro atoms. The van der Waals surface area contributed by atoms with E-state index in [2.05, 4.69) is 31.0 Å². The molecule has 0 aromatic heterocycles. The van der Waals surface area contributed by atoms with Crippen molar-refractivity contribution in [3.8, 4) is 0 Å². The van der Waals surface area contributed by atoms with Crippen LogP contribution in [0.4, 0.5) is 0 Å². The number of amides is 1. The Morgan fingerprint density at radius 3 is 2.63 bits per heavy atom. The van der Waals surface area contributed by atoms with Gasteiger partial charge in [0.2, 0.25) is 5.91 Å². The van der Waals surface area contributed by atoms with Gasteiger partial charge < -0.3 is 4.90 Å². The Kier molecular flexibility index (Phi) is 3.59. The molecule has 3 aliphatic rings. The zero-order valence-corrected chi connectivity index (χ0v) is 12.6. The highest BCUT2D eigenvalue weighted by Crippen LogP contribution is 2.48. The summed E-state index contributed by atoms with van der Waals surface area (Å²) in [5, 5.41) is 3.60. The molecule has 1 N–H and O–H groups in total. The Hall–Kier alpha value is -0.570. The van der Waals surface area contributed by atoms with Crippen LogP contribution in [0.3, 0.4) is 0 Å². The number of hydrogen-bond acceptors (Lipinski definition) is 2. The van der Waals surface area contributed by atoms with Crippen molar-refractivity contribution in [2.45, 2.75) is 77.5 Å². The van der Waals surface area contributed by atoms with Crippen LogP contribution in [0.15, 0.2) is 0 Å². The second-order valence-electron chi connectivity index (χ2n) is 6.94. The van der Waals surface area contributed by atoms with Gasteiger partial charge in [-0.1, -0.05) is 33.6 Å². The van der Waals surface area contributed by atoms with E-state index in [1.807, 2.05) is 0 Å². The molecule has 1 heterocycles. The molecule has 0 aromatic carbocycles. The van der Waals surface area contributed by atoms with Gasteiger partial charge in [0.05, 0.1) is 12.2 Å². The SMILES string of the molecule is CCC(C)C1NC(CC)N(C2CC3CCC2C3)C1=O. The average Bonchev–Trinajstić information content (AvgIpc) is 3.10. The van der Waals surface area contributed by atoms with Crippen molar-refractivity contribution in [3.05, 3.63) is 0 Å². The lowest BCUT2D eigenvalue weighted by atomic mass is 9.93. The quantitative estimate of drug-likeness (QED) is 0.847. The molecule has 1 saturated heterocycles. The van der Waals surface area contributed by atoms with Crippen molar-refractivity contribution in [2.75, 3.05) is 0 Å². The van der Waals surface area contributed by atoms with Crippen LogP contribution in [0.1, 0.15) is 59.3 Å². The Morgan fingerprint density at radius 1 is 1.32 bits per heavy atom. The summed E-state index contributed by atoms with van der Waals surface area (Å²) < 4.78 is 0. The Labute approximate surface area is 117 Å². The number of fused-ring (bicyclic) bond motifs is 2. The fraction of sp³-hybridized carbons (Fsp3) is 0.938. The molecular weight excluding hydrogens is 236 g/mol. The molecule has 6 atom stereocenters. The lowest BCUT2D eigenvalue weighted by Gasteiger charge is -2.35. The first kappa shape index (κ1) is 13.4. The third kappa shape index (κ3) is 2.10. The summed E-state index contributed by atoms with van der Waals surface area (Å²) in [6.45, 7) is 6.58. The molecule has 2 saturated carbocycles. The summed E-state index contributed by atoms with van der Waals surface area (Å²) in [6, 6.07) is 0.604. The number of nitrogens with zero attached hydrogens (tertiary/aromatic N) is 1. The maximum atomic E-state index is 12.8. The molecule has 2 aliphatic carbocycles. The van der Waals surface area contributed by atoms with E-state index >= 15 is 0 Å². The first-order valence-corrected chi connectivity index (χ1v) is 8.23. The van der Waals surface area contributed by atoms with Gasteiger partial charge in [0.15, 0.2) is 0 Å². The van der Waals surface area contributed by atoms with Crippen LogP contribution in [0.5, 0.6) is 0 Å². The number of rotatable bonds is 4. The fourth-order valence-electron chi connectivity index (χ4n) is 4.58. The molecule has 0 radical (unpaired) electrons. The standard InChI is InChI=1S/C16H28N2O/c1-4-10(3)15-16(19)18(14(5-2)17-15)13-9-11-6-7-12(13)8-11/h10-15,17H,4-9H2,1-3H3. The van der Waals surface area contributed by atoms with E-state index < -0.39 is 0 Å². The monoisotopic (exact) mass is 264 g/mol. The van der Waals surface area contributed by atoms with Crippen molar-refractivity contribution >= 4 is 5.91 Å². The minimum atomic E-state index is 0.0640.